The Morgan fingerprint density at radius 2 is 2.00 bits per heavy atom. The maximum Gasteiger partial charge on any atom is 0.115 e. The summed E-state index contributed by atoms with van der Waals surface area (Å²) >= 11 is 5.99. The van der Waals surface area contributed by atoms with Crippen molar-refractivity contribution in [2.75, 3.05) is 13.7 Å². The fourth-order valence-electron chi connectivity index (χ4n) is 1.25. The predicted molar refractivity (Wildman–Crippen MR) is 57.9 cm³/mol. The molecule has 0 heterocycles. The highest BCUT2D eigenvalue weighted by Gasteiger charge is 2.03. The first-order chi connectivity index (χ1) is 6.72. The Labute approximate surface area is 89.5 Å². The molecule has 0 bridgehead atoms. The molecule has 2 nitrogen and oxygen atoms in total. The van der Waals surface area contributed by atoms with E-state index >= 15 is 0 Å². The summed E-state index contributed by atoms with van der Waals surface area (Å²) < 4.78 is 4.94. The van der Waals surface area contributed by atoms with Crippen LogP contribution < -0.4 is 0 Å². The molecule has 0 aromatic heterocycles. The molecule has 0 aliphatic heterocycles. The van der Waals surface area contributed by atoms with Crippen LogP contribution in [-0.2, 0) is 11.2 Å². The lowest BCUT2D eigenvalue weighted by Crippen LogP contribution is -2.08. The van der Waals surface area contributed by atoms with Crippen LogP contribution in [0.15, 0.2) is 24.3 Å². The Hall–Kier alpha value is -0.730. The number of halogens is 1. The summed E-state index contributed by atoms with van der Waals surface area (Å²) in [5.41, 5.74) is 1.18. The number of aromatic hydroxyl groups is 1. The van der Waals surface area contributed by atoms with Crippen LogP contribution in [0, 0.1) is 0 Å². The molecule has 1 N–H and O–H groups in total. The number of hydrogen-bond donors (Lipinski definition) is 1. The van der Waals surface area contributed by atoms with Crippen LogP contribution in [0.5, 0.6) is 5.75 Å². The van der Waals surface area contributed by atoms with E-state index in [1.54, 1.807) is 19.2 Å². The van der Waals surface area contributed by atoms with Crippen LogP contribution in [0.1, 0.15) is 12.0 Å². The molecular formula is C11H15ClO2. The number of methoxy groups -OCH3 is 1. The number of aryl methyl sites for hydroxylation is 1. The van der Waals surface area contributed by atoms with E-state index in [1.807, 2.05) is 12.1 Å². The zero-order valence-electron chi connectivity index (χ0n) is 8.24. The summed E-state index contributed by atoms with van der Waals surface area (Å²) in [6.07, 6.45) is 1.80. The Balaban J connectivity index is 2.34. The van der Waals surface area contributed by atoms with E-state index in [1.165, 1.54) is 5.56 Å². The molecule has 0 amide bonds. The quantitative estimate of drug-likeness (QED) is 0.764. The van der Waals surface area contributed by atoms with Gasteiger partial charge in [0.25, 0.3) is 0 Å². The monoisotopic (exact) mass is 214 g/mol. The van der Waals surface area contributed by atoms with Crippen molar-refractivity contribution in [3.8, 4) is 5.75 Å². The summed E-state index contributed by atoms with van der Waals surface area (Å²) in [5.74, 6) is 0.299. The summed E-state index contributed by atoms with van der Waals surface area (Å²) in [6.45, 7) is 0.583. The van der Waals surface area contributed by atoms with Gasteiger partial charge in [-0.3, -0.25) is 0 Å². The second-order valence-corrected chi connectivity index (χ2v) is 3.87. The SMILES string of the molecule is COCC(Cl)CCc1ccc(O)cc1. The average Bonchev–Trinajstić information content (AvgIpc) is 2.17. The minimum absolute atomic E-state index is 0.0637. The molecule has 78 valence electrons. The fourth-order valence-corrected chi connectivity index (χ4v) is 1.49. The zero-order chi connectivity index (χ0) is 10.4. The van der Waals surface area contributed by atoms with Crippen LogP contribution >= 0.6 is 11.6 Å². The van der Waals surface area contributed by atoms with E-state index in [4.69, 9.17) is 21.4 Å². The van der Waals surface area contributed by atoms with Crippen molar-refractivity contribution in [3.05, 3.63) is 29.8 Å². The van der Waals surface area contributed by atoms with Gasteiger partial charge in [-0.25, -0.2) is 0 Å². The minimum atomic E-state index is 0.0637. The second kappa shape index (κ2) is 5.89. The van der Waals surface area contributed by atoms with Crippen molar-refractivity contribution in [1.82, 2.24) is 0 Å². The van der Waals surface area contributed by atoms with Crippen LogP contribution in [0.2, 0.25) is 0 Å². The Morgan fingerprint density at radius 3 is 2.57 bits per heavy atom. The van der Waals surface area contributed by atoms with E-state index in [2.05, 4.69) is 0 Å². The molecule has 1 aromatic carbocycles. The maximum atomic E-state index is 9.07. The third-order valence-corrected chi connectivity index (χ3v) is 2.37. The number of benzene rings is 1. The van der Waals surface area contributed by atoms with Gasteiger partial charge in [0.1, 0.15) is 5.75 Å². The maximum absolute atomic E-state index is 9.07. The van der Waals surface area contributed by atoms with Crippen LogP contribution in [-0.4, -0.2) is 24.2 Å². The van der Waals surface area contributed by atoms with Gasteiger partial charge < -0.3 is 9.84 Å². The van der Waals surface area contributed by atoms with E-state index in [-0.39, 0.29) is 5.38 Å². The van der Waals surface area contributed by atoms with E-state index < -0.39 is 0 Å². The smallest absolute Gasteiger partial charge is 0.115 e. The highest BCUT2D eigenvalue weighted by atomic mass is 35.5. The van der Waals surface area contributed by atoms with Gasteiger partial charge in [-0.15, -0.1) is 11.6 Å². The van der Waals surface area contributed by atoms with Crippen molar-refractivity contribution in [1.29, 1.82) is 0 Å². The normalized spacial score (nSPS) is 12.7. The minimum Gasteiger partial charge on any atom is -0.508 e. The highest BCUT2D eigenvalue weighted by molar-refractivity contribution is 6.20. The third kappa shape index (κ3) is 3.99. The predicted octanol–water partition coefficient (Wildman–Crippen LogP) is 2.58. The molecular weight excluding hydrogens is 200 g/mol. The number of rotatable bonds is 5. The zero-order valence-corrected chi connectivity index (χ0v) is 9.00. The molecule has 0 saturated carbocycles. The number of phenolic OH excluding ortho intramolecular Hbond substituents is 1. The molecule has 1 atom stereocenters. The first-order valence-electron chi connectivity index (χ1n) is 4.63. The summed E-state index contributed by atoms with van der Waals surface area (Å²) in [5, 5.41) is 9.14. The fraction of sp³-hybridized carbons (Fsp3) is 0.455. The molecule has 0 saturated heterocycles. The molecule has 14 heavy (non-hydrogen) atoms. The summed E-state index contributed by atoms with van der Waals surface area (Å²) in [7, 11) is 1.65. The standard InChI is InChI=1S/C11H15ClO2/c1-14-8-10(12)5-2-9-3-6-11(13)7-4-9/h3-4,6-7,10,13H,2,5,8H2,1H3. The van der Waals surface area contributed by atoms with Gasteiger partial charge in [0.05, 0.1) is 12.0 Å². The van der Waals surface area contributed by atoms with E-state index in [9.17, 15) is 0 Å². The average molecular weight is 215 g/mol. The lowest BCUT2D eigenvalue weighted by atomic mass is 10.1. The third-order valence-electron chi connectivity index (χ3n) is 2.03. The Bertz CT molecular complexity index is 258. The molecule has 0 fully saturated rings. The first-order valence-corrected chi connectivity index (χ1v) is 5.07. The highest BCUT2D eigenvalue weighted by Crippen LogP contribution is 2.13. The van der Waals surface area contributed by atoms with Crippen LogP contribution in [0.3, 0.4) is 0 Å². The summed E-state index contributed by atoms with van der Waals surface area (Å²) in [4.78, 5) is 0. The second-order valence-electron chi connectivity index (χ2n) is 3.26. The van der Waals surface area contributed by atoms with Gasteiger partial charge in [-0.05, 0) is 30.5 Å². The van der Waals surface area contributed by atoms with Crippen LogP contribution in [0.25, 0.3) is 0 Å². The first kappa shape index (κ1) is 11.3. The molecule has 1 unspecified atom stereocenters. The topological polar surface area (TPSA) is 29.5 Å². The van der Waals surface area contributed by atoms with Gasteiger partial charge in [0.15, 0.2) is 0 Å². The molecule has 0 spiro atoms. The van der Waals surface area contributed by atoms with Crippen molar-refractivity contribution in [3.63, 3.8) is 0 Å². The summed E-state index contributed by atoms with van der Waals surface area (Å²) in [6, 6.07) is 7.20. The lowest BCUT2D eigenvalue weighted by molar-refractivity contribution is 0.195. The van der Waals surface area contributed by atoms with Crippen molar-refractivity contribution in [2.45, 2.75) is 18.2 Å². The van der Waals surface area contributed by atoms with E-state index in [0.29, 0.717) is 12.4 Å². The number of ether oxygens (including phenoxy) is 1. The van der Waals surface area contributed by atoms with Gasteiger partial charge >= 0.3 is 0 Å². The molecule has 1 aromatic rings. The lowest BCUT2D eigenvalue weighted by Gasteiger charge is -2.07. The van der Waals surface area contributed by atoms with Gasteiger partial charge in [0.2, 0.25) is 0 Å². The van der Waals surface area contributed by atoms with Gasteiger partial charge in [-0.1, -0.05) is 12.1 Å². The number of hydrogen-bond acceptors (Lipinski definition) is 2. The number of phenols is 1. The van der Waals surface area contributed by atoms with Crippen molar-refractivity contribution >= 4 is 11.6 Å². The van der Waals surface area contributed by atoms with Gasteiger partial charge in [-0.2, -0.15) is 0 Å². The van der Waals surface area contributed by atoms with Gasteiger partial charge in [0, 0.05) is 7.11 Å². The Kier molecular flexibility index (Phi) is 4.77. The molecule has 3 heteroatoms. The molecule has 1 rings (SSSR count). The van der Waals surface area contributed by atoms with E-state index in [0.717, 1.165) is 12.8 Å². The largest absolute Gasteiger partial charge is 0.508 e. The molecule has 0 radical (unpaired) electrons. The molecule has 0 aliphatic rings. The van der Waals surface area contributed by atoms with Crippen molar-refractivity contribution < 1.29 is 9.84 Å². The van der Waals surface area contributed by atoms with Crippen molar-refractivity contribution in [2.24, 2.45) is 0 Å². The number of alkyl halides is 1. The van der Waals surface area contributed by atoms with Crippen LogP contribution in [0.4, 0.5) is 0 Å². The Morgan fingerprint density at radius 1 is 1.36 bits per heavy atom. The molecule has 0 aliphatic carbocycles.